The van der Waals surface area contributed by atoms with Gasteiger partial charge in [0.15, 0.2) is 11.0 Å². The smallest absolute Gasteiger partial charge is 0.416 e. The second-order valence-corrected chi connectivity index (χ2v) is 9.17. The van der Waals surface area contributed by atoms with Crippen molar-refractivity contribution in [2.45, 2.75) is 58.8 Å². The van der Waals surface area contributed by atoms with Gasteiger partial charge < -0.3 is 14.4 Å². The minimum absolute atomic E-state index is 0.124. The van der Waals surface area contributed by atoms with Crippen molar-refractivity contribution in [1.29, 1.82) is 0 Å². The summed E-state index contributed by atoms with van der Waals surface area (Å²) < 4.78 is 11.1. The number of ether oxygens (including phenoxy) is 2. The summed E-state index contributed by atoms with van der Waals surface area (Å²) in [5.74, 6) is 0.334. The largest absolute Gasteiger partial charge is 0.444 e. The Labute approximate surface area is 193 Å². The van der Waals surface area contributed by atoms with Crippen molar-refractivity contribution in [1.82, 2.24) is 15.1 Å². The molecule has 9 heteroatoms. The van der Waals surface area contributed by atoms with Crippen molar-refractivity contribution < 1.29 is 19.1 Å². The van der Waals surface area contributed by atoms with Crippen LogP contribution in [0, 0.1) is 6.92 Å². The van der Waals surface area contributed by atoms with Crippen molar-refractivity contribution in [2.75, 3.05) is 18.0 Å². The number of aromatic nitrogens is 2. The Kier molecular flexibility index (Phi) is 7.56. The standard InChI is InChI=1S/C23H29ClN4O4/c1-16-13-19(25-26-20(16)24)28(22(30)31-15-17-9-6-5-7-10-17)18-11-8-12-27(14-18)21(29)32-23(2,3)4/h5-7,9-10,13,18H,8,11-12,14-15H2,1-4H3/t18-/m1/s1. The van der Waals surface area contributed by atoms with Gasteiger partial charge in [0, 0.05) is 13.1 Å². The van der Waals surface area contributed by atoms with Gasteiger partial charge in [0.25, 0.3) is 0 Å². The zero-order valence-corrected chi connectivity index (χ0v) is 19.6. The third kappa shape index (κ3) is 6.32. The SMILES string of the molecule is Cc1cc(N(C(=O)OCc2ccccc2)[C@@H]2CCCN(C(=O)OC(C)(C)C)C2)nnc1Cl. The van der Waals surface area contributed by atoms with Crippen LogP contribution >= 0.6 is 11.6 Å². The van der Waals surface area contributed by atoms with Crippen LogP contribution in [-0.4, -0.2) is 52.0 Å². The fourth-order valence-corrected chi connectivity index (χ4v) is 3.54. The van der Waals surface area contributed by atoms with Gasteiger partial charge in [-0.1, -0.05) is 41.9 Å². The van der Waals surface area contributed by atoms with Gasteiger partial charge in [-0.05, 0) is 57.7 Å². The second-order valence-electron chi connectivity index (χ2n) is 8.81. The highest BCUT2D eigenvalue weighted by Gasteiger charge is 2.35. The molecule has 0 radical (unpaired) electrons. The fourth-order valence-electron chi connectivity index (χ4n) is 3.45. The number of rotatable bonds is 4. The van der Waals surface area contributed by atoms with E-state index in [9.17, 15) is 9.59 Å². The number of aryl methyl sites for hydroxylation is 1. The first-order valence-corrected chi connectivity index (χ1v) is 11.0. The van der Waals surface area contributed by atoms with Gasteiger partial charge in [0.1, 0.15) is 12.2 Å². The van der Waals surface area contributed by atoms with Crippen LogP contribution < -0.4 is 4.90 Å². The van der Waals surface area contributed by atoms with Crippen LogP contribution in [0.1, 0.15) is 44.7 Å². The Morgan fingerprint density at radius 1 is 1.22 bits per heavy atom. The molecule has 1 aliphatic heterocycles. The van der Waals surface area contributed by atoms with Crippen molar-refractivity contribution in [3.8, 4) is 0 Å². The molecule has 1 fully saturated rings. The Bertz CT molecular complexity index is 949. The molecule has 8 nitrogen and oxygen atoms in total. The number of hydrogen-bond acceptors (Lipinski definition) is 6. The van der Waals surface area contributed by atoms with E-state index in [-0.39, 0.29) is 17.8 Å². The number of hydrogen-bond donors (Lipinski definition) is 0. The van der Waals surface area contributed by atoms with Gasteiger partial charge in [-0.2, -0.15) is 0 Å². The quantitative estimate of drug-likeness (QED) is 0.639. The number of anilines is 1. The van der Waals surface area contributed by atoms with E-state index in [1.807, 2.05) is 51.1 Å². The molecule has 0 saturated carbocycles. The maximum absolute atomic E-state index is 13.2. The molecular weight excluding hydrogens is 432 g/mol. The van der Waals surface area contributed by atoms with Gasteiger partial charge in [-0.3, -0.25) is 4.90 Å². The van der Waals surface area contributed by atoms with Crippen LogP contribution in [0.25, 0.3) is 0 Å². The molecular formula is C23H29ClN4O4. The Morgan fingerprint density at radius 2 is 1.94 bits per heavy atom. The molecule has 2 heterocycles. The van der Waals surface area contributed by atoms with Gasteiger partial charge >= 0.3 is 12.2 Å². The van der Waals surface area contributed by atoms with Gasteiger partial charge in [0.05, 0.1) is 6.04 Å². The molecule has 0 aliphatic carbocycles. The normalized spacial score (nSPS) is 16.4. The molecule has 0 spiro atoms. The van der Waals surface area contributed by atoms with E-state index in [0.717, 1.165) is 5.56 Å². The van der Waals surface area contributed by atoms with Gasteiger partial charge in [-0.15, -0.1) is 10.2 Å². The van der Waals surface area contributed by atoms with Crippen LogP contribution in [0.2, 0.25) is 5.15 Å². The lowest BCUT2D eigenvalue weighted by atomic mass is 10.0. The van der Waals surface area contributed by atoms with Crippen LogP contribution in [0.5, 0.6) is 0 Å². The number of carbonyl (C=O) groups excluding carboxylic acids is 2. The van der Waals surface area contributed by atoms with E-state index in [4.69, 9.17) is 21.1 Å². The first-order valence-electron chi connectivity index (χ1n) is 10.6. The van der Waals surface area contributed by atoms with Crippen LogP contribution in [0.4, 0.5) is 15.4 Å². The summed E-state index contributed by atoms with van der Waals surface area (Å²) in [6, 6.07) is 10.8. The van der Waals surface area contributed by atoms with Crippen LogP contribution in [-0.2, 0) is 16.1 Å². The minimum Gasteiger partial charge on any atom is -0.444 e. The van der Waals surface area contributed by atoms with Gasteiger partial charge in [-0.25, -0.2) is 9.59 Å². The lowest BCUT2D eigenvalue weighted by molar-refractivity contribution is 0.0195. The molecule has 3 rings (SSSR count). The second kappa shape index (κ2) is 10.2. The first-order chi connectivity index (χ1) is 15.1. The van der Waals surface area contributed by atoms with Crippen molar-refractivity contribution in [3.05, 3.63) is 52.7 Å². The number of likely N-dealkylation sites (tertiary alicyclic amines) is 1. The topological polar surface area (TPSA) is 84.9 Å². The predicted octanol–water partition coefficient (Wildman–Crippen LogP) is 4.98. The molecule has 1 saturated heterocycles. The van der Waals surface area contributed by atoms with Crippen molar-refractivity contribution in [3.63, 3.8) is 0 Å². The maximum Gasteiger partial charge on any atom is 0.416 e. The number of benzene rings is 1. The Balaban J connectivity index is 1.81. The highest BCUT2D eigenvalue weighted by molar-refractivity contribution is 6.30. The molecule has 1 aromatic carbocycles. The highest BCUT2D eigenvalue weighted by atomic mass is 35.5. The summed E-state index contributed by atoms with van der Waals surface area (Å²) in [6.07, 6.45) is 0.439. The van der Waals surface area contributed by atoms with E-state index >= 15 is 0 Å². The van der Waals surface area contributed by atoms with E-state index in [2.05, 4.69) is 10.2 Å². The molecule has 2 amide bonds. The molecule has 1 aromatic heterocycles. The summed E-state index contributed by atoms with van der Waals surface area (Å²) in [4.78, 5) is 28.9. The first kappa shape index (κ1) is 23.8. The Morgan fingerprint density at radius 3 is 2.59 bits per heavy atom. The van der Waals surface area contributed by atoms with E-state index in [1.54, 1.807) is 17.9 Å². The molecule has 32 heavy (non-hydrogen) atoms. The van der Waals surface area contributed by atoms with Crippen molar-refractivity contribution in [2.24, 2.45) is 0 Å². The third-order valence-electron chi connectivity index (χ3n) is 4.97. The van der Waals surface area contributed by atoms with Crippen LogP contribution in [0.15, 0.2) is 36.4 Å². The molecule has 172 valence electrons. The van der Waals surface area contributed by atoms with E-state index in [0.29, 0.717) is 37.3 Å². The average molecular weight is 461 g/mol. The fraction of sp³-hybridized carbons (Fsp3) is 0.478. The summed E-state index contributed by atoms with van der Waals surface area (Å²) in [6.45, 7) is 8.26. The molecule has 2 aromatic rings. The molecule has 1 atom stereocenters. The number of nitrogens with zero attached hydrogens (tertiary/aromatic N) is 4. The minimum atomic E-state index is -0.600. The summed E-state index contributed by atoms with van der Waals surface area (Å²) >= 11 is 6.04. The number of carbonyl (C=O) groups is 2. The molecule has 0 unspecified atom stereocenters. The predicted molar refractivity (Wildman–Crippen MR) is 122 cm³/mol. The van der Waals surface area contributed by atoms with Gasteiger partial charge in [0.2, 0.25) is 0 Å². The lowest BCUT2D eigenvalue weighted by Crippen LogP contribution is -2.53. The van der Waals surface area contributed by atoms with Crippen molar-refractivity contribution >= 4 is 29.6 Å². The maximum atomic E-state index is 13.2. The average Bonchev–Trinajstić information content (AvgIpc) is 2.75. The summed E-state index contributed by atoms with van der Waals surface area (Å²) in [7, 11) is 0. The monoisotopic (exact) mass is 460 g/mol. The zero-order valence-electron chi connectivity index (χ0n) is 18.9. The number of halogens is 1. The highest BCUT2D eigenvalue weighted by Crippen LogP contribution is 2.26. The lowest BCUT2D eigenvalue weighted by Gasteiger charge is -2.38. The molecule has 0 N–H and O–H groups in total. The summed E-state index contributed by atoms with van der Waals surface area (Å²) in [5.41, 5.74) is 0.965. The Hall–Kier alpha value is -2.87. The zero-order chi connectivity index (χ0) is 23.3. The van der Waals surface area contributed by atoms with E-state index in [1.165, 1.54) is 4.90 Å². The molecule has 1 aliphatic rings. The third-order valence-corrected chi connectivity index (χ3v) is 5.35. The number of piperidine rings is 1. The number of amides is 2. The van der Waals surface area contributed by atoms with Crippen LogP contribution in [0.3, 0.4) is 0 Å². The summed E-state index contributed by atoms with van der Waals surface area (Å²) in [5, 5.41) is 8.36. The molecule has 0 bridgehead atoms. The van der Waals surface area contributed by atoms with E-state index < -0.39 is 17.8 Å².